The van der Waals surface area contributed by atoms with Crippen LogP contribution in [0.4, 0.5) is 10.9 Å². The standard InChI is InChI=1S/C16H24N6OS/c1-12(2)22-14(4-5-18-22)19-15(23)13(3)20-7-9-21(10-8-20)16-17-6-11-24-16/h4-6,11-13H,7-10H2,1-3H3,(H,19,23)/t13-/m0/s1. The maximum Gasteiger partial charge on any atom is 0.242 e. The smallest absolute Gasteiger partial charge is 0.242 e. The number of aromatic nitrogens is 3. The van der Waals surface area contributed by atoms with Gasteiger partial charge in [-0.3, -0.25) is 9.69 Å². The largest absolute Gasteiger partial charge is 0.346 e. The van der Waals surface area contributed by atoms with Gasteiger partial charge in [0, 0.05) is 49.9 Å². The summed E-state index contributed by atoms with van der Waals surface area (Å²) >= 11 is 1.66. The number of carbonyl (C=O) groups is 1. The zero-order valence-corrected chi connectivity index (χ0v) is 15.2. The second kappa shape index (κ2) is 7.31. The third-order valence-corrected chi connectivity index (χ3v) is 5.17. The molecule has 0 spiro atoms. The van der Waals surface area contributed by atoms with Crippen LogP contribution in [-0.4, -0.2) is 57.8 Å². The first-order valence-corrected chi connectivity index (χ1v) is 9.17. The first kappa shape index (κ1) is 16.9. The van der Waals surface area contributed by atoms with Crippen LogP contribution in [0.5, 0.6) is 0 Å². The maximum atomic E-state index is 12.6. The summed E-state index contributed by atoms with van der Waals surface area (Å²) in [6.45, 7) is 9.57. The van der Waals surface area contributed by atoms with Crippen molar-refractivity contribution in [1.82, 2.24) is 19.7 Å². The van der Waals surface area contributed by atoms with E-state index in [1.54, 1.807) is 17.5 Å². The van der Waals surface area contributed by atoms with Gasteiger partial charge in [-0.15, -0.1) is 11.3 Å². The average molecular weight is 348 g/mol. The van der Waals surface area contributed by atoms with Crippen molar-refractivity contribution in [2.24, 2.45) is 0 Å². The first-order chi connectivity index (χ1) is 11.6. The average Bonchev–Trinajstić information content (AvgIpc) is 3.26. The van der Waals surface area contributed by atoms with Crippen LogP contribution in [0.15, 0.2) is 23.8 Å². The van der Waals surface area contributed by atoms with Crippen molar-refractivity contribution in [2.45, 2.75) is 32.9 Å². The molecule has 1 aliphatic rings. The summed E-state index contributed by atoms with van der Waals surface area (Å²) in [5.74, 6) is 0.767. The molecule has 0 saturated carbocycles. The molecule has 24 heavy (non-hydrogen) atoms. The first-order valence-electron chi connectivity index (χ1n) is 8.29. The minimum Gasteiger partial charge on any atom is -0.346 e. The minimum absolute atomic E-state index is 0.0140. The lowest BCUT2D eigenvalue weighted by molar-refractivity contribution is -0.120. The van der Waals surface area contributed by atoms with Crippen LogP contribution < -0.4 is 10.2 Å². The van der Waals surface area contributed by atoms with Crippen LogP contribution in [0.1, 0.15) is 26.8 Å². The normalized spacial score (nSPS) is 17.2. The van der Waals surface area contributed by atoms with E-state index in [2.05, 4.69) is 25.2 Å². The Labute approximate surface area is 146 Å². The molecule has 0 radical (unpaired) electrons. The van der Waals surface area contributed by atoms with E-state index in [-0.39, 0.29) is 18.0 Å². The van der Waals surface area contributed by atoms with Gasteiger partial charge < -0.3 is 10.2 Å². The Bertz CT molecular complexity index is 660. The molecule has 1 atom stereocenters. The van der Waals surface area contributed by atoms with E-state index < -0.39 is 0 Å². The van der Waals surface area contributed by atoms with Gasteiger partial charge in [0.2, 0.25) is 5.91 Å². The molecule has 1 fully saturated rings. The molecular formula is C16H24N6OS. The highest BCUT2D eigenvalue weighted by Crippen LogP contribution is 2.20. The third-order valence-electron chi connectivity index (χ3n) is 4.34. The monoisotopic (exact) mass is 348 g/mol. The van der Waals surface area contributed by atoms with Crippen LogP contribution in [0, 0.1) is 0 Å². The van der Waals surface area contributed by atoms with Crippen molar-refractivity contribution in [2.75, 3.05) is 36.4 Å². The van der Waals surface area contributed by atoms with E-state index in [0.29, 0.717) is 0 Å². The molecule has 1 amide bonds. The van der Waals surface area contributed by atoms with Crippen LogP contribution in [0.3, 0.4) is 0 Å². The van der Waals surface area contributed by atoms with E-state index in [4.69, 9.17) is 0 Å². The molecule has 7 nitrogen and oxygen atoms in total. The molecule has 2 aromatic heterocycles. The molecule has 3 heterocycles. The number of nitrogens with zero attached hydrogens (tertiary/aromatic N) is 5. The van der Waals surface area contributed by atoms with Crippen LogP contribution >= 0.6 is 11.3 Å². The summed E-state index contributed by atoms with van der Waals surface area (Å²) < 4.78 is 1.82. The summed E-state index contributed by atoms with van der Waals surface area (Å²) in [6, 6.07) is 1.89. The summed E-state index contributed by atoms with van der Waals surface area (Å²) in [4.78, 5) is 21.4. The Kier molecular flexibility index (Phi) is 5.15. The topological polar surface area (TPSA) is 66.3 Å². The fourth-order valence-electron chi connectivity index (χ4n) is 2.89. The highest BCUT2D eigenvalue weighted by atomic mass is 32.1. The van der Waals surface area contributed by atoms with E-state index >= 15 is 0 Å². The van der Waals surface area contributed by atoms with Gasteiger partial charge in [0.25, 0.3) is 0 Å². The maximum absolute atomic E-state index is 12.6. The van der Waals surface area contributed by atoms with Gasteiger partial charge in [-0.2, -0.15) is 5.10 Å². The van der Waals surface area contributed by atoms with Crippen LogP contribution in [0.25, 0.3) is 0 Å². The van der Waals surface area contributed by atoms with E-state index in [0.717, 1.165) is 37.1 Å². The zero-order chi connectivity index (χ0) is 17.1. The van der Waals surface area contributed by atoms with Gasteiger partial charge in [-0.1, -0.05) is 0 Å². The highest BCUT2D eigenvalue weighted by Gasteiger charge is 2.27. The van der Waals surface area contributed by atoms with Crippen molar-refractivity contribution < 1.29 is 4.79 Å². The Morgan fingerprint density at radius 1 is 1.21 bits per heavy atom. The lowest BCUT2D eigenvalue weighted by Gasteiger charge is -2.37. The van der Waals surface area contributed by atoms with E-state index in [9.17, 15) is 4.79 Å². The van der Waals surface area contributed by atoms with Gasteiger partial charge in [-0.05, 0) is 20.8 Å². The summed E-state index contributed by atoms with van der Waals surface area (Å²) in [5, 5.41) is 10.3. The molecule has 0 aromatic carbocycles. The molecule has 2 aromatic rings. The predicted octanol–water partition coefficient (Wildman–Crippen LogP) is 2.07. The van der Waals surface area contributed by atoms with Gasteiger partial charge in [0.05, 0.1) is 12.2 Å². The van der Waals surface area contributed by atoms with E-state index in [1.807, 2.05) is 43.1 Å². The highest BCUT2D eigenvalue weighted by molar-refractivity contribution is 7.13. The fraction of sp³-hybridized carbons (Fsp3) is 0.562. The third kappa shape index (κ3) is 3.59. The van der Waals surface area contributed by atoms with Gasteiger partial charge >= 0.3 is 0 Å². The number of rotatable bonds is 5. The predicted molar refractivity (Wildman–Crippen MR) is 96.6 cm³/mol. The molecule has 0 unspecified atom stereocenters. The van der Waals surface area contributed by atoms with Crippen LogP contribution in [-0.2, 0) is 4.79 Å². The lowest BCUT2D eigenvalue weighted by atomic mass is 10.2. The molecular weight excluding hydrogens is 324 g/mol. The molecule has 1 N–H and O–H groups in total. The molecule has 3 rings (SSSR count). The Hall–Kier alpha value is -1.93. The van der Waals surface area contributed by atoms with Crippen molar-refractivity contribution in [3.63, 3.8) is 0 Å². The minimum atomic E-state index is -0.168. The van der Waals surface area contributed by atoms with Gasteiger partial charge in [-0.25, -0.2) is 9.67 Å². The second-order valence-electron chi connectivity index (χ2n) is 6.26. The number of anilines is 2. The Balaban J connectivity index is 1.56. The Morgan fingerprint density at radius 3 is 2.58 bits per heavy atom. The SMILES string of the molecule is CC(C)n1nccc1NC(=O)[C@H](C)N1CCN(c2nccs2)CC1. The summed E-state index contributed by atoms with van der Waals surface area (Å²) in [7, 11) is 0. The fourth-order valence-corrected chi connectivity index (χ4v) is 3.59. The molecule has 0 aliphatic carbocycles. The molecule has 130 valence electrons. The van der Waals surface area contributed by atoms with E-state index in [1.165, 1.54) is 0 Å². The number of carbonyl (C=O) groups excluding carboxylic acids is 1. The number of hydrogen-bond acceptors (Lipinski definition) is 6. The van der Waals surface area contributed by atoms with Crippen molar-refractivity contribution in [3.8, 4) is 0 Å². The molecule has 1 aliphatic heterocycles. The number of piperazine rings is 1. The second-order valence-corrected chi connectivity index (χ2v) is 7.13. The Morgan fingerprint density at radius 2 is 1.96 bits per heavy atom. The quantitative estimate of drug-likeness (QED) is 0.896. The molecule has 1 saturated heterocycles. The number of nitrogens with one attached hydrogen (secondary N) is 1. The van der Waals surface area contributed by atoms with Gasteiger partial charge in [0.1, 0.15) is 5.82 Å². The number of amides is 1. The lowest BCUT2D eigenvalue weighted by Crippen LogP contribution is -2.52. The number of hydrogen-bond donors (Lipinski definition) is 1. The summed E-state index contributed by atoms with van der Waals surface area (Å²) in [6.07, 6.45) is 3.55. The molecule has 8 heteroatoms. The summed E-state index contributed by atoms with van der Waals surface area (Å²) in [5.41, 5.74) is 0. The van der Waals surface area contributed by atoms with Gasteiger partial charge in [0.15, 0.2) is 5.13 Å². The van der Waals surface area contributed by atoms with Crippen molar-refractivity contribution in [3.05, 3.63) is 23.8 Å². The van der Waals surface area contributed by atoms with Crippen LogP contribution in [0.2, 0.25) is 0 Å². The molecule has 0 bridgehead atoms. The van der Waals surface area contributed by atoms with Crippen molar-refractivity contribution >= 4 is 28.2 Å². The van der Waals surface area contributed by atoms with Crippen molar-refractivity contribution in [1.29, 1.82) is 0 Å². The zero-order valence-electron chi connectivity index (χ0n) is 14.3. The number of thiazole rings is 1.